The minimum absolute atomic E-state index is 0.0285. The van der Waals surface area contributed by atoms with Gasteiger partial charge >= 0.3 is 0 Å². The van der Waals surface area contributed by atoms with E-state index >= 15 is 0 Å². The molecular formula is C19H26N4O. The van der Waals surface area contributed by atoms with E-state index in [0.29, 0.717) is 23.0 Å². The Morgan fingerprint density at radius 2 is 2.00 bits per heavy atom. The van der Waals surface area contributed by atoms with Crippen LogP contribution in [0.15, 0.2) is 12.4 Å². The number of carbonyl (C=O) groups excluding carboxylic acids is 1. The van der Waals surface area contributed by atoms with Crippen molar-refractivity contribution in [3.63, 3.8) is 0 Å². The number of amides is 1. The summed E-state index contributed by atoms with van der Waals surface area (Å²) in [5.74, 6) is 1.16. The molecule has 1 amide bonds. The first-order valence-corrected chi connectivity index (χ1v) is 9.30. The lowest BCUT2D eigenvalue weighted by atomic mass is 9.78. The SMILES string of the molecule is C[C@H]1[C@H](C)CCC[C@@H]1NC(=O)c1cnn2c3c(cnc12)CCCC3. The van der Waals surface area contributed by atoms with Crippen LogP contribution in [0.1, 0.15) is 67.6 Å². The predicted molar refractivity (Wildman–Crippen MR) is 93.1 cm³/mol. The molecule has 0 saturated heterocycles. The van der Waals surface area contributed by atoms with E-state index in [4.69, 9.17) is 0 Å². The van der Waals surface area contributed by atoms with Gasteiger partial charge in [0.2, 0.25) is 0 Å². The average Bonchev–Trinajstić information content (AvgIpc) is 3.03. The molecule has 2 aromatic heterocycles. The number of nitrogens with one attached hydrogen (secondary N) is 1. The maximum atomic E-state index is 12.8. The molecule has 128 valence electrons. The van der Waals surface area contributed by atoms with Crippen molar-refractivity contribution in [3.8, 4) is 0 Å². The molecule has 1 N–H and O–H groups in total. The summed E-state index contributed by atoms with van der Waals surface area (Å²) in [7, 11) is 0. The molecule has 0 radical (unpaired) electrons. The Kier molecular flexibility index (Phi) is 4.02. The van der Waals surface area contributed by atoms with Crippen LogP contribution < -0.4 is 5.32 Å². The number of aryl methyl sites for hydroxylation is 2. The van der Waals surface area contributed by atoms with Crippen molar-refractivity contribution in [2.75, 3.05) is 0 Å². The van der Waals surface area contributed by atoms with Crippen LogP contribution in [0, 0.1) is 11.8 Å². The fourth-order valence-electron chi connectivity index (χ4n) is 4.29. The van der Waals surface area contributed by atoms with Gasteiger partial charge in [0.05, 0.1) is 6.20 Å². The van der Waals surface area contributed by atoms with E-state index in [1.165, 1.54) is 36.9 Å². The Hall–Kier alpha value is -1.91. The Bertz CT molecular complexity index is 766. The van der Waals surface area contributed by atoms with Crippen molar-refractivity contribution in [3.05, 3.63) is 29.2 Å². The van der Waals surface area contributed by atoms with Gasteiger partial charge in [0.15, 0.2) is 5.65 Å². The third-order valence-corrected chi connectivity index (χ3v) is 6.09. The van der Waals surface area contributed by atoms with Crippen molar-refractivity contribution in [1.29, 1.82) is 0 Å². The van der Waals surface area contributed by atoms with Gasteiger partial charge in [0, 0.05) is 17.9 Å². The molecule has 1 fully saturated rings. The highest BCUT2D eigenvalue weighted by molar-refractivity contribution is 5.99. The minimum Gasteiger partial charge on any atom is -0.349 e. The van der Waals surface area contributed by atoms with Gasteiger partial charge in [0.1, 0.15) is 5.56 Å². The second kappa shape index (κ2) is 6.19. The Morgan fingerprint density at radius 3 is 2.88 bits per heavy atom. The molecule has 5 heteroatoms. The summed E-state index contributed by atoms with van der Waals surface area (Å²) in [5, 5.41) is 7.71. The standard InChI is InChI=1S/C19H26N4O/c1-12-6-5-8-16(13(12)2)22-19(24)15-11-21-23-17-9-4-3-7-14(17)10-20-18(15)23/h10-13,16H,3-9H2,1-2H3,(H,22,24)/t12-,13+,16+/m1/s1. The third-order valence-electron chi connectivity index (χ3n) is 6.09. The molecule has 0 bridgehead atoms. The smallest absolute Gasteiger partial charge is 0.256 e. The molecule has 3 atom stereocenters. The first-order chi connectivity index (χ1) is 11.6. The van der Waals surface area contributed by atoms with Gasteiger partial charge in [-0.25, -0.2) is 9.50 Å². The van der Waals surface area contributed by atoms with Crippen LogP contribution in [0.3, 0.4) is 0 Å². The molecule has 1 saturated carbocycles. The van der Waals surface area contributed by atoms with Crippen LogP contribution in [-0.2, 0) is 12.8 Å². The second-order valence-corrected chi connectivity index (χ2v) is 7.58. The number of nitrogens with zero attached hydrogens (tertiary/aromatic N) is 3. The highest BCUT2D eigenvalue weighted by atomic mass is 16.1. The summed E-state index contributed by atoms with van der Waals surface area (Å²) < 4.78 is 1.89. The zero-order valence-electron chi connectivity index (χ0n) is 14.6. The number of aromatic nitrogens is 3. The summed E-state index contributed by atoms with van der Waals surface area (Å²) in [5.41, 5.74) is 3.81. The second-order valence-electron chi connectivity index (χ2n) is 7.58. The van der Waals surface area contributed by atoms with Crippen molar-refractivity contribution in [2.24, 2.45) is 11.8 Å². The lowest BCUT2D eigenvalue weighted by Crippen LogP contribution is -2.43. The predicted octanol–water partition coefficient (Wildman–Crippen LogP) is 3.16. The first kappa shape index (κ1) is 15.6. The van der Waals surface area contributed by atoms with Crippen molar-refractivity contribution in [2.45, 2.75) is 64.8 Å². The fourth-order valence-corrected chi connectivity index (χ4v) is 4.29. The molecule has 2 aliphatic carbocycles. The molecule has 0 aromatic carbocycles. The molecule has 24 heavy (non-hydrogen) atoms. The number of rotatable bonds is 2. The summed E-state index contributed by atoms with van der Waals surface area (Å²) in [6.45, 7) is 4.53. The van der Waals surface area contributed by atoms with E-state index < -0.39 is 0 Å². The van der Waals surface area contributed by atoms with E-state index in [9.17, 15) is 4.79 Å². The topological polar surface area (TPSA) is 59.3 Å². The van der Waals surface area contributed by atoms with Crippen LogP contribution in [0.4, 0.5) is 0 Å². The Balaban J connectivity index is 1.61. The Morgan fingerprint density at radius 1 is 1.17 bits per heavy atom. The maximum Gasteiger partial charge on any atom is 0.256 e. The molecular weight excluding hydrogens is 300 g/mol. The highest BCUT2D eigenvalue weighted by Crippen LogP contribution is 2.30. The lowest BCUT2D eigenvalue weighted by Gasteiger charge is -2.34. The maximum absolute atomic E-state index is 12.8. The van der Waals surface area contributed by atoms with E-state index in [0.717, 1.165) is 19.3 Å². The monoisotopic (exact) mass is 326 g/mol. The zero-order chi connectivity index (χ0) is 16.7. The largest absolute Gasteiger partial charge is 0.349 e. The van der Waals surface area contributed by atoms with Crippen LogP contribution in [0.2, 0.25) is 0 Å². The normalized spacial score (nSPS) is 27.0. The molecule has 2 aromatic rings. The van der Waals surface area contributed by atoms with Gasteiger partial charge in [-0.2, -0.15) is 5.10 Å². The lowest BCUT2D eigenvalue weighted by molar-refractivity contribution is 0.0892. The van der Waals surface area contributed by atoms with E-state index in [1.54, 1.807) is 6.20 Å². The van der Waals surface area contributed by atoms with E-state index in [-0.39, 0.29) is 11.9 Å². The summed E-state index contributed by atoms with van der Waals surface area (Å²) >= 11 is 0. The molecule has 2 heterocycles. The fraction of sp³-hybridized carbons (Fsp3) is 0.632. The quantitative estimate of drug-likeness (QED) is 0.922. The first-order valence-electron chi connectivity index (χ1n) is 9.30. The van der Waals surface area contributed by atoms with Crippen LogP contribution >= 0.6 is 0 Å². The van der Waals surface area contributed by atoms with E-state index in [2.05, 4.69) is 29.2 Å². The average molecular weight is 326 g/mol. The number of carbonyl (C=O) groups is 1. The summed E-state index contributed by atoms with van der Waals surface area (Å²) in [6, 6.07) is 0.258. The molecule has 4 rings (SSSR count). The number of fused-ring (bicyclic) bond motifs is 3. The van der Waals surface area contributed by atoms with Crippen molar-refractivity contribution in [1.82, 2.24) is 19.9 Å². The highest BCUT2D eigenvalue weighted by Gasteiger charge is 2.29. The van der Waals surface area contributed by atoms with Crippen LogP contribution in [0.5, 0.6) is 0 Å². The number of hydrogen-bond acceptors (Lipinski definition) is 3. The molecule has 5 nitrogen and oxygen atoms in total. The third kappa shape index (κ3) is 2.60. The van der Waals surface area contributed by atoms with Crippen LogP contribution in [0.25, 0.3) is 5.65 Å². The van der Waals surface area contributed by atoms with Gasteiger partial charge in [-0.05, 0) is 49.5 Å². The van der Waals surface area contributed by atoms with Gasteiger partial charge in [-0.1, -0.05) is 26.7 Å². The van der Waals surface area contributed by atoms with Gasteiger partial charge < -0.3 is 5.32 Å². The Labute approximate surface area is 142 Å². The molecule has 2 aliphatic rings. The zero-order valence-corrected chi connectivity index (χ0v) is 14.6. The van der Waals surface area contributed by atoms with Gasteiger partial charge in [-0.3, -0.25) is 4.79 Å². The number of hydrogen-bond donors (Lipinski definition) is 1. The minimum atomic E-state index is -0.0285. The molecule has 0 aliphatic heterocycles. The molecule has 0 spiro atoms. The van der Waals surface area contributed by atoms with Gasteiger partial charge in [0.25, 0.3) is 5.91 Å². The summed E-state index contributed by atoms with van der Waals surface area (Å²) in [6.07, 6.45) is 11.6. The molecule has 0 unspecified atom stereocenters. The van der Waals surface area contributed by atoms with Crippen molar-refractivity contribution < 1.29 is 4.79 Å². The van der Waals surface area contributed by atoms with Crippen LogP contribution in [-0.4, -0.2) is 26.5 Å². The summed E-state index contributed by atoms with van der Waals surface area (Å²) in [4.78, 5) is 17.3. The van der Waals surface area contributed by atoms with Gasteiger partial charge in [-0.15, -0.1) is 0 Å². The van der Waals surface area contributed by atoms with E-state index in [1.807, 2.05) is 10.7 Å². The van der Waals surface area contributed by atoms with Crippen molar-refractivity contribution >= 4 is 11.6 Å².